The fourth-order valence-corrected chi connectivity index (χ4v) is 6.10. The second-order valence-electron chi connectivity index (χ2n) is 12.6. The third-order valence-corrected chi connectivity index (χ3v) is 8.83. The number of aliphatic hydroxyl groups excluding tert-OH is 1. The van der Waals surface area contributed by atoms with Crippen LogP contribution in [0.2, 0.25) is 0 Å². The Morgan fingerprint density at radius 1 is 0.745 bits per heavy atom. The van der Waals surface area contributed by atoms with Crippen LogP contribution in [-0.2, 0) is 49.5 Å². The van der Waals surface area contributed by atoms with Gasteiger partial charge in [0.15, 0.2) is 11.2 Å². The van der Waals surface area contributed by atoms with Crippen LogP contribution in [0.5, 0.6) is 0 Å². The van der Waals surface area contributed by atoms with Crippen molar-refractivity contribution >= 4 is 63.2 Å². The molecule has 2 unspecified atom stereocenters. The van der Waals surface area contributed by atoms with Gasteiger partial charge in [0.25, 0.3) is 0 Å². The smallest absolute Gasteiger partial charge is 0.450 e. The lowest BCUT2D eigenvalue weighted by molar-refractivity contribution is -0.172. The van der Waals surface area contributed by atoms with Crippen LogP contribution < -0.4 is 0 Å². The van der Waals surface area contributed by atoms with Crippen LogP contribution in [0.15, 0.2) is 30.3 Å². The molecule has 262 valence electrons. The van der Waals surface area contributed by atoms with Crippen LogP contribution in [0, 0.1) is 11.8 Å². The molecule has 0 amide bonds. The zero-order chi connectivity index (χ0) is 34.1. The first-order chi connectivity index (χ1) is 22.6. The van der Waals surface area contributed by atoms with E-state index in [0.29, 0.717) is 25.9 Å². The molecule has 5 rings (SSSR count). The van der Waals surface area contributed by atoms with Gasteiger partial charge < -0.3 is 28.8 Å². The number of ether oxygens (including phenoxy) is 5. The van der Waals surface area contributed by atoms with Crippen molar-refractivity contribution in [3.63, 3.8) is 0 Å². The summed E-state index contributed by atoms with van der Waals surface area (Å²) < 4.78 is 27.1. The number of carbonyl (C=O) groups is 4. The monoisotopic (exact) mass is 718 g/mol. The molecular formula is C33H46BCl3O10. The van der Waals surface area contributed by atoms with E-state index in [4.69, 9.17) is 58.1 Å². The second-order valence-corrected chi connectivity index (χ2v) is 14.6. The molecular weight excluding hydrogens is 674 g/mol. The van der Waals surface area contributed by atoms with Crippen molar-refractivity contribution in [2.75, 3.05) is 26.4 Å². The highest BCUT2D eigenvalue weighted by Crippen LogP contribution is 2.31. The van der Waals surface area contributed by atoms with Gasteiger partial charge in [-0.25, -0.2) is 0 Å². The van der Waals surface area contributed by atoms with Gasteiger partial charge in [0.2, 0.25) is 0 Å². The highest BCUT2D eigenvalue weighted by Gasteiger charge is 2.43. The molecule has 2 saturated carbocycles. The van der Waals surface area contributed by atoms with Gasteiger partial charge in [-0.2, -0.15) is 34.4 Å². The summed E-state index contributed by atoms with van der Waals surface area (Å²) in [6.07, 6.45) is 11.8. The molecule has 0 radical (unpaired) electrons. The average Bonchev–Trinajstić information content (AvgIpc) is 3.66. The topological polar surface area (TPSA) is 135 Å². The van der Waals surface area contributed by atoms with E-state index in [1.807, 2.05) is 30.3 Å². The van der Waals surface area contributed by atoms with Gasteiger partial charge in [-0.1, -0.05) is 68.9 Å². The molecule has 2 atom stereocenters. The van der Waals surface area contributed by atoms with Gasteiger partial charge in [0.1, 0.15) is 13.2 Å². The maximum absolute atomic E-state index is 12.3. The van der Waals surface area contributed by atoms with Crippen LogP contribution in [-0.4, -0.2) is 71.6 Å². The Morgan fingerprint density at radius 2 is 1.19 bits per heavy atom. The summed E-state index contributed by atoms with van der Waals surface area (Å²) >= 11 is 14.4. The summed E-state index contributed by atoms with van der Waals surface area (Å²) in [5.41, 5.74) is -0.779. The molecule has 4 fully saturated rings. The molecule has 1 aromatic carbocycles. The molecule has 10 nitrogen and oxygen atoms in total. The first kappa shape index (κ1) is 39.4. The molecule has 4 aliphatic rings. The quantitative estimate of drug-likeness (QED) is 0.159. The Kier molecular flexibility index (Phi) is 17.2. The van der Waals surface area contributed by atoms with E-state index in [1.165, 1.54) is 12.8 Å². The first-order valence-electron chi connectivity index (χ1n) is 16.5. The number of aliphatic hydroxyl groups is 1. The number of hydrogen-bond acceptors (Lipinski definition) is 10. The number of carbonyl (C=O) groups excluding carboxylic acids is 4. The van der Waals surface area contributed by atoms with Gasteiger partial charge in [0.05, 0.1) is 31.7 Å². The van der Waals surface area contributed by atoms with Crippen LogP contribution in [0.1, 0.15) is 95.5 Å². The molecule has 1 N–H and O–H groups in total. The molecule has 2 aliphatic heterocycles. The van der Waals surface area contributed by atoms with Gasteiger partial charge in [-0.15, -0.1) is 0 Å². The lowest BCUT2D eigenvalue weighted by Gasteiger charge is -2.28. The molecule has 47 heavy (non-hydrogen) atoms. The van der Waals surface area contributed by atoms with Crippen LogP contribution in [0.3, 0.4) is 0 Å². The molecule has 2 heterocycles. The fourth-order valence-electron chi connectivity index (χ4n) is 6.10. The van der Waals surface area contributed by atoms with Crippen molar-refractivity contribution in [1.29, 1.82) is 0 Å². The maximum atomic E-state index is 12.3. The Balaban J connectivity index is 0.000000239. The molecule has 0 spiro atoms. The fraction of sp³-hybridized carbons (Fsp3) is 0.697. The zero-order valence-corrected chi connectivity index (χ0v) is 29.1. The highest BCUT2D eigenvalue weighted by atomic mass is 35.6. The van der Waals surface area contributed by atoms with Gasteiger partial charge in [-0.3, -0.25) is 19.2 Å². The van der Waals surface area contributed by atoms with Gasteiger partial charge >= 0.3 is 28.8 Å². The molecule has 2 aliphatic carbocycles. The number of rotatable bonds is 11. The highest BCUT2D eigenvalue weighted by molar-refractivity contribution is 7.54. The molecule has 0 aromatic heterocycles. The van der Waals surface area contributed by atoms with Crippen LogP contribution >= 0.6 is 34.4 Å². The van der Waals surface area contributed by atoms with Gasteiger partial charge in [-0.05, 0) is 31.2 Å². The molecule has 1 aromatic rings. The lowest BCUT2D eigenvalue weighted by atomic mass is 9.89. The molecule has 2 saturated heterocycles. The van der Waals surface area contributed by atoms with E-state index in [0.717, 1.165) is 56.9 Å². The van der Waals surface area contributed by atoms with E-state index >= 15 is 0 Å². The lowest BCUT2D eigenvalue weighted by Crippen LogP contribution is -2.41. The summed E-state index contributed by atoms with van der Waals surface area (Å²) in [4.78, 5) is 46.1. The van der Waals surface area contributed by atoms with E-state index < -0.39 is 16.2 Å². The zero-order valence-electron chi connectivity index (χ0n) is 26.8. The van der Waals surface area contributed by atoms with E-state index in [-0.39, 0.29) is 68.6 Å². The van der Waals surface area contributed by atoms with Gasteiger partial charge in [0, 0.05) is 25.7 Å². The third-order valence-electron chi connectivity index (χ3n) is 8.83. The predicted molar refractivity (Wildman–Crippen MR) is 178 cm³/mol. The van der Waals surface area contributed by atoms with Crippen LogP contribution in [0.25, 0.3) is 0 Å². The van der Waals surface area contributed by atoms with Crippen molar-refractivity contribution in [2.24, 2.45) is 11.8 Å². The third kappa shape index (κ3) is 14.1. The normalized spacial score (nSPS) is 24.5. The largest absolute Gasteiger partial charge is 0.461 e. The minimum atomic E-state index is -0.999. The minimum absolute atomic E-state index is 0.00635. The molecule has 14 heteroatoms. The summed E-state index contributed by atoms with van der Waals surface area (Å²) in [6, 6.07) is 9.83. The van der Waals surface area contributed by atoms with Crippen molar-refractivity contribution in [3.05, 3.63) is 35.9 Å². The number of benzene rings is 1. The van der Waals surface area contributed by atoms with Crippen LogP contribution in [0.4, 0.5) is 0 Å². The Bertz CT molecular complexity index is 1130. The number of hydrogen-bond donors (Lipinski definition) is 1. The SMILES string of the molecule is ClB(Cl)Cl.O=C1CCC(CO)(COC(=O)C2CCCCC2)O1.O=C1CCC(COCc2ccccc2)(COC(=O)C2CCCCC2)O1. The number of halogens is 3. The van der Waals surface area contributed by atoms with E-state index in [9.17, 15) is 24.3 Å². The van der Waals surface area contributed by atoms with Crippen molar-refractivity contribution in [2.45, 2.75) is 108 Å². The average molecular weight is 720 g/mol. The van der Waals surface area contributed by atoms with E-state index in [1.54, 1.807) is 0 Å². The minimum Gasteiger partial charge on any atom is -0.461 e. The summed E-state index contributed by atoms with van der Waals surface area (Å²) in [7, 11) is 0. The second kappa shape index (κ2) is 20.5. The van der Waals surface area contributed by atoms with Crippen molar-refractivity contribution in [1.82, 2.24) is 0 Å². The van der Waals surface area contributed by atoms with Crippen molar-refractivity contribution < 1.29 is 48.0 Å². The maximum Gasteiger partial charge on any atom is 0.450 e. The van der Waals surface area contributed by atoms with Crippen molar-refractivity contribution in [3.8, 4) is 0 Å². The Hall–Kier alpha value is -2.05. The number of esters is 4. The first-order valence-corrected chi connectivity index (χ1v) is 17.8. The predicted octanol–water partition coefficient (Wildman–Crippen LogP) is 6.27. The summed E-state index contributed by atoms with van der Waals surface area (Å²) in [5.74, 6) is -0.995. The molecule has 0 bridgehead atoms. The summed E-state index contributed by atoms with van der Waals surface area (Å²) in [6.45, 7) is 0.451. The van der Waals surface area contributed by atoms with E-state index in [2.05, 4.69) is 0 Å². The standard InChI is InChI=1S/C20H26O5.C13H20O5.BCl3/c21-18-11-12-20(25-18,14-23-13-16-7-3-1-4-8-16)15-24-19(22)17-9-5-2-6-10-17;14-8-13(7-6-11(15)18-13)9-17-12(16)10-4-2-1-3-5-10;2-1(3)4/h1,3-4,7-8,17H,2,5-6,9-15H2;10,14H,1-9H2;. The Labute approximate surface area is 292 Å². The Morgan fingerprint density at radius 3 is 1.62 bits per heavy atom. The summed E-state index contributed by atoms with van der Waals surface area (Å²) in [5, 5.41) is 9.29. The number of cyclic esters (lactones) is 2.